The number of rotatable bonds is 2. The van der Waals surface area contributed by atoms with Crippen molar-refractivity contribution in [3.05, 3.63) is 34.9 Å². The van der Waals surface area contributed by atoms with Crippen LogP contribution in [-0.4, -0.2) is 11.7 Å². The largest absolute Gasteiger partial charge is 0.416 e. The summed E-state index contributed by atoms with van der Waals surface area (Å²) in [6.07, 6.45) is -11.5. The molecule has 2 nitrogen and oxygen atoms in total. The molecule has 0 bridgehead atoms. The number of halogens is 6. The van der Waals surface area contributed by atoms with Crippen LogP contribution in [0.15, 0.2) is 18.2 Å². The van der Waals surface area contributed by atoms with Crippen LogP contribution in [-0.2, 0) is 12.4 Å². The highest BCUT2D eigenvalue weighted by atomic mass is 19.4. The van der Waals surface area contributed by atoms with Crippen molar-refractivity contribution in [1.82, 2.24) is 0 Å². The van der Waals surface area contributed by atoms with E-state index in [9.17, 15) is 31.4 Å². The van der Waals surface area contributed by atoms with Gasteiger partial charge in [-0.15, -0.1) is 0 Å². The lowest BCUT2D eigenvalue weighted by Crippen LogP contribution is -2.19. The predicted octanol–water partition coefficient (Wildman–Crippen LogP) is 2.72. The van der Waals surface area contributed by atoms with Crippen molar-refractivity contribution in [2.45, 2.75) is 18.5 Å². The fraction of sp³-hybridized carbons (Fsp3) is 0.400. The summed E-state index contributed by atoms with van der Waals surface area (Å²) in [5.41, 5.74) is 1.37. The number of hydrogen-bond acceptors (Lipinski definition) is 2. The Morgan fingerprint density at radius 3 is 2.00 bits per heavy atom. The van der Waals surface area contributed by atoms with E-state index in [0.29, 0.717) is 12.1 Å². The molecule has 0 aromatic heterocycles. The molecular weight excluding hydrogens is 264 g/mol. The molecule has 0 saturated carbocycles. The average Bonchev–Trinajstić information content (AvgIpc) is 2.24. The van der Waals surface area contributed by atoms with Gasteiger partial charge in [-0.1, -0.05) is 6.07 Å². The van der Waals surface area contributed by atoms with Gasteiger partial charge in [0, 0.05) is 6.54 Å². The van der Waals surface area contributed by atoms with Crippen molar-refractivity contribution in [2.75, 3.05) is 6.54 Å². The first-order valence-electron chi connectivity index (χ1n) is 4.74. The van der Waals surface area contributed by atoms with Crippen LogP contribution >= 0.6 is 0 Å². The molecule has 0 aliphatic heterocycles. The SMILES string of the molecule is NC[C@H](O)c1ccc(C(F)(F)F)cc1C(F)(F)F. The molecule has 1 aromatic carbocycles. The highest BCUT2D eigenvalue weighted by Gasteiger charge is 2.38. The van der Waals surface area contributed by atoms with Crippen molar-refractivity contribution in [3.63, 3.8) is 0 Å². The molecule has 0 heterocycles. The molecule has 0 fully saturated rings. The molecule has 0 saturated heterocycles. The summed E-state index contributed by atoms with van der Waals surface area (Å²) in [4.78, 5) is 0. The summed E-state index contributed by atoms with van der Waals surface area (Å²) in [7, 11) is 0. The van der Waals surface area contributed by atoms with Gasteiger partial charge < -0.3 is 10.8 Å². The van der Waals surface area contributed by atoms with Crippen LogP contribution in [0.1, 0.15) is 22.8 Å². The summed E-state index contributed by atoms with van der Waals surface area (Å²) in [5, 5.41) is 9.26. The van der Waals surface area contributed by atoms with Crippen molar-refractivity contribution in [3.8, 4) is 0 Å². The van der Waals surface area contributed by atoms with E-state index < -0.39 is 41.7 Å². The Morgan fingerprint density at radius 1 is 1.06 bits per heavy atom. The summed E-state index contributed by atoms with van der Waals surface area (Å²) in [6.45, 7) is -0.519. The maximum atomic E-state index is 12.6. The zero-order chi connectivity index (χ0) is 14.1. The molecule has 0 amide bonds. The average molecular weight is 273 g/mol. The number of alkyl halides is 6. The molecule has 8 heteroatoms. The van der Waals surface area contributed by atoms with Crippen molar-refractivity contribution in [2.24, 2.45) is 5.73 Å². The third kappa shape index (κ3) is 3.14. The van der Waals surface area contributed by atoms with Gasteiger partial charge in [-0.25, -0.2) is 0 Å². The molecule has 1 aromatic rings. The minimum Gasteiger partial charge on any atom is -0.387 e. The van der Waals surface area contributed by atoms with Crippen LogP contribution in [0.2, 0.25) is 0 Å². The Balaban J connectivity index is 3.40. The van der Waals surface area contributed by atoms with Gasteiger partial charge in [0.2, 0.25) is 0 Å². The lowest BCUT2D eigenvalue weighted by molar-refractivity contribution is -0.144. The monoisotopic (exact) mass is 273 g/mol. The summed E-state index contributed by atoms with van der Waals surface area (Å²) in [6, 6.07) is 1.03. The number of nitrogens with two attached hydrogens (primary N) is 1. The zero-order valence-corrected chi connectivity index (χ0v) is 8.81. The summed E-state index contributed by atoms with van der Waals surface area (Å²) < 4.78 is 74.7. The van der Waals surface area contributed by atoms with E-state index in [4.69, 9.17) is 5.73 Å². The number of aliphatic hydroxyl groups is 1. The molecule has 102 valence electrons. The Kier molecular flexibility index (Phi) is 3.92. The van der Waals surface area contributed by atoms with Crippen molar-refractivity contribution < 1.29 is 31.4 Å². The van der Waals surface area contributed by atoms with Gasteiger partial charge in [-0.05, 0) is 17.7 Å². The molecule has 3 N–H and O–H groups in total. The first-order chi connectivity index (χ1) is 8.07. The van der Waals surface area contributed by atoms with E-state index in [-0.39, 0.29) is 6.07 Å². The quantitative estimate of drug-likeness (QED) is 0.814. The van der Waals surface area contributed by atoms with E-state index in [1.54, 1.807) is 0 Å². The highest BCUT2D eigenvalue weighted by molar-refractivity contribution is 5.37. The first kappa shape index (κ1) is 14.8. The minimum absolute atomic E-state index is 0.0335. The standard InChI is InChI=1S/C10H9F6NO/c11-9(12,13)5-1-2-6(8(18)4-17)7(3-5)10(14,15)16/h1-3,8,18H,4,17H2/t8-/m0/s1. The van der Waals surface area contributed by atoms with Gasteiger partial charge in [0.1, 0.15) is 0 Å². The van der Waals surface area contributed by atoms with Gasteiger partial charge in [-0.2, -0.15) is 26.3 Å². The Labute approximate surface area is 98.0 Å². The molecule has 0 unspecified atom stereocenters. The molecule has 0 aliphatic rings. The second-order valence-electron chi connectivity index (χ2n) is 3.55. The normalized spacial score (nSPS) is 14.7. The van der Waals surface area contributed by atoms with Crippen LogP contribution in [0, 0.1) is 0 Å². The third-order valence-electron chi connectivity index (χ3n) is 2.27. The molecule has 1 atom stereocenters. The Bertz CT molecular complexity index is 425. The van der Waals surface area contributed by atoms with E-state index >= 15 is 0 Å². The van der Waals surface area contributed by atoms with Crippen molar-refractivity contribution in [1.29, 1.82) is 0 Å². The Hall–Kier alpha value is -1.28. The van der Waals surface area contributed by atoms with Gasteiger partial charge in [0.25, 0.3) is 0 Å². The minimum atomic E-state index is -4.99. The maximum Gasteiger partial charge on any atom is 0.416 e. The van der Waals surface area contributed by atoms with Gasteiger partial charge in [0.15, 0.2) is 0 Å². The molecular formula is C10H9F6NO. The molecule has 0 spiro atoms. The second-order valence-corrected chi connectivity index (χ2v) is 3.55. The van der Waals surface area contributed by atoms with E-state index in [0.717, 1.165) is 0 Å². The molecule has 1 rings (SSSR count). The fourth-order valence-electron chi connectivity index (χ4n) is 1.40. The predicted molar refractivity (Wildman–Crippen MR) is 50.5 cm³/mol. The van der Waals surface area contributed by atoms with E-state index in [2.05, 4.69) is 0 Å². The molecule has 0 aliphatic carbocycles. The summed E-state index contributed by atoms with van der Waals surface area (Å²) >= 11 is 0. The van der Waals surface area contributed by atoms with E-state index in [1.807, 2.05) is 0 Å². The second kappa shape index (κ2) is 4.77. The van der Waals surface area contributed by atoms with Crippen LogP contribution in [0.5, 0.6) is 0 Å². The smallest absolute Gasteiger partial charge is 0.387 e. The summed E-state index contributed by atoms with van der Waals surface area (Å²) in [5.74, 6) is 0. The van der Waals surface area contributed by atoms with Crippen molar-refractivity contribution >= 4 is 0 Å². The van der Waals surface area contributed by atoms with Gasteiger partial charge >= 0.3 is 12.4 Å². The first-order valence-corrected chi connectivity index (χ1v) is 4.74. The van der Waals surface area contributed by atoms with Crippen LogP contribution in [0.4, 0.5) is 26.3 Å². The highest BCUT2D eigenvalue weighted by Crippen LogP contribution is 2.38. The van der Waals surface area contributed by atoms with Crippen LogP contribution in [0.3, 0.4) is 0 Å². The lowest BCUT2D eigenvalue weighted by Gasteiger charge is -2.18. The van der Waals surface area contributed by atoms with Gasteiger partial charge in [-0.3, -0.25) is 0 Å². The fourth-order valence-corrected chi connectivity index (χ4v) is 1.40. The molecule has 0 radical (unpaired) electrons. The number of benzene rings is 1. The number of hydrogen-bond donors (Lipinski definition) is 2. The Morgan fingerprint density at radius 2 is 1.61 bits per heavy atom. The van der Waals surface area contributed by atoms with Gasteiger partial charge in [0.05, 0.1) is 17.2 Å². The third-order valence-corrected chi connectivity index (χ3v) is 2.27. The van der Waals surface area contributed by atoms with Crippen LogP contribution < -0.4 is 5.73 Å². The zero-order valence-electron chi connectivity index (χ0n) is 8.81. The maximum absolute atomic E-state index is 12.6. The lowest BCUT2D eigenvalue weighted by atomic mass is 9.99. The molecule has 18 heavy (non-hydrogen) atoms. The number of aliphatic hydroxyl groups excluding tert-OH is 1. The van der Waals surface area contributed by atoms with E-state index in [1.165, 1.54) is 0 Å². The van der Waals surface area contributed by atoms with Crippen LogP contribution in [0.25, 0.3) is 0 Å². The topological polar surface area (TPSA) is 46.2 Å².